The number of halogens is 1. The standard InChI is InChI=1S/C29H24FN5O2/c1-19-6-8-22(27(36)14-20-7-11-28(37-3)25(30)13-20)15-21(19)9-10-24-17-31-29-26(5-4-12-35(24)29)33-23-16-32-34(2)18-23/h4-8,11-13,15-18,33H,14H2,1-3H3. The van der Waals surface area contributed by atoms with Gasteiger partial charge in [-0.1, -0.05) is 24.1 Å². The normalized spacial score (nSPS) is 10.7. The lowest BCUT2D eigenvalue weighted by Crippen LogP contribution is -2.05. The predicted molar refractivity (Wildman–Crippen MR) is 140 cm³/mol. The molecule has 3 aromatic heterocycles. The molecule has 184 valence electrons. The van der Waals surface area contributed by atoms with Crippen molar-refractivity contribution in [2.75, 3.05) is 12.4 Å². The average molecular weight is 494 g/mol. The topological polar surface area (TPSA) is 73.4 Å². The molecule has 0 atom stereocenters. The van der Waals surface area contributed by atoms with Gasteiger partial charge in [0.2, 0.25) is 0 Å². The molecule has 0 unspecified atom stereocenters. The Morgan fingerprint density at radius 2 is 2.00 bits per heavy atom. The average Bonchev–Trinajstić information content (AvgIpc) is 3.50. The number of rotatable bonds is 6. The van der Waals surface area contributed by atoms with E-state index in [1.807, 2.05) is 49.0 Å². The monoisotopic (exact) mass is 493 g/mol. The van der Waals surface area contributed by atoms with Gasteiger partial charge < -0.3 is 10.1 Å². The first-order valence-corrected chi connectivity index (χ1v) is 11.6. The number of methoxy groups -OCH3 is 1. The number of nitrogens with one attached hydrogen (secondary N) is 1. The summed E-state index contributed by atoms with van der Waals surface area (Å²) in [6, 6.07) is 13.8. The number of hydrogen-bond acceptors (Lipinski definition) is 5. The van der Waals surface area contributed by atoms with Crippen LogP contribution in [0.2, 0.25) is 0 Å². The zero-order chi connectivity index (χ0) is 25.9. The van der Waals surface area contributed by atoms with Crippen molar-refractivity contribution in [3.05, 3.63) is 107 Å². The van der Waals surface area contributed by atoms with Crippen molar-refractivity contribution in [2.24, 2.45) is 7.05 Å². The summed E-state index contributed by atoms with van der Waals surface area (Å²) < 4.78 is 22.6. The zero-order valence-electron chi connectivity index (χ0n) is 20.6. The van der Waals surface area contributed by atoms with Crippen LogP contribution in [0.4, 0.5) is 15.8 Å². The Morgan fingerprint density at radius 3 is 2.76 bits per heavy atom. The molecule has 0 bridgehead atoms. The Bertz CT molecular complexity index is 1690. The number of nitrogens with zero attached hydrogens (tertiary/aromatic N) is 4. The van der Waals surface area contributed by atoms with Gasteiger partial charge in [0.15, 0.2) is 23.0 Å². The van der Waals surface area contributed by atoms with Gasteiger partial charge in [-0.15, -0.1) is 0 Å². The Balaban J connectivity index is 1.39. The molecular weight excluding hydrogens is 469 g/mol. The quantitative estimate of drug-likeness (QED) is 0.263. The molecule has 37 heavy (non-hydrogen) atoms. The van der Waals surface area contributed by atoms with Gasteiger partial charge in [-0.2, -0.15) is 5.10 Å². The number of hydrogen-bond donors (Lipinski definition) is 1. The molecule has 0 fully saturated rings. The van der Waals surface area contributed by atoms with Crippen LogP contribution in [0.5, 0.6) is 5.75 Å². The molecule has 3 heterocycles. The molecule has 0 aliphatic carbocycles. The molecule has 8 heteroatoms. The maximum Gasteiger partial charge on any atom is 0.167 e. The second kappa shape index (κ2) is 9.99. The van der Waals surface area contributed by atoms with E-state index >= 15 is 0 Å². The number of aryl methyl sites for hydroxylation is 2. The van der Waals surface area contributed by atoms with Crippen molar-refractivity contribution in [1.82, 2.24) is 19.2 Å². The number of carbonyl (C=O) groups excluding carboxylic acids is 1. The van der Waals surface area contributed by atoms with Gasteiger partial charge in [0.1, 0.15) is 5.69 Å². The van der Waals surface area contributed by atoms with Crippen molar-refractivity contribution < 1.29 is 13.9 Å². The number of benzene rings is 2. The lowest BCUT2D eigenvalue weighted by molar-refractivity contribution is 0.0993. The number of aromatic nitrogens is 4. The molecule has 1 N–H and O–H groups in total. The number of pyridine rings is 1. The number of Topliss-reactive ketones (excluding diaryl/α,β-unsaturated/α-hetero) is 1. The molecule has 5 aromatic rings. The van der Waals surface area contributed by atoms with E-state index in [4.69, 9.17) is 4.74 Å². The van der Waals surface area contributed by atoms with E-state index in [0.717, 1.165) is 33.8 Å². The Hall–Kier alpha value is -4.90. The second-order valence-electron chi connectivity index (χ2n) is 8.64. The van der Waals surface area contributed by atoms with E-state index < -0.39 is 5.82 Å². The Labute approximate surface area is 213 Å². The van der Waals surface area contributed by atoms with Crippen LogP contribution in [0.25, 0.3) is 5.65 Å². The van der Waals surface area contributed by atoms with Crippen LogP contribution in [0.15, 0.2) is 73.3 Å². The van der Waals surface area contributed by atoms with Crippen molar-refractivity contribution in [1.29, 1.82) is 0 Å². The minimum Gasteiger partial charge on any atom is -0.494 e. The summed E-state index contributed by atoms with van der Waals surface area (Å²) in [5.41, 5.74) is 5.95. The van der Waals surface area contributed by atoms with Crippen molar-refractivity contribution in [3.8, 4) is 17.6 Å². The van der Waals surface area contributed by atoms with Crippen LogP contribution >= 0.6 is 0 Å². The summed E-state index contributed by atoms with van der Waals surface area (Å²) in [5.74, 6) is 5.92. The number of imidazole rings is 1. The van der Waals surface area contributed by atoms with Crippen molar-refractivity contribution in [3.63, 3.8) is 0 Å². The molecule has 0 saturated heterocycles. The first kappa shape index (κ1) is 23.8. The molecular formula is C29H24FN5O2. The van der Waals surface area contributed by atoms with Gasteiger partial charge in [0.25, 0.3) is 0 Å². The van der Waals surface area contributed by atoms with Crippen LogP contribution in [0.3, 0.4) is 0 Å². The Kier molecular flexibility index (Phi) is 6.43. The van der Waals surface area contributed by atoms with Gasteiger partial charge in [-0.25, -0.2) is 9.37 Å². The van der Waals surface area contributed by atoms with E-state index in [0.29, 0.717) is 11.1 Å². The number of ketones is 1. The van der Waals surface area contributed by atoms with Gasteiger partial charge in [0.05, 0.1) is 30.9 Å². The second-order valence-corrected chi connectivity index (χ2v) is 8.64. The molecule has 0 aliphatic heterocycles. The van der Waals surface area contributed by atoms with Gasteiger partial charge >= 0.3 is 0 Å². The van der Waals surface area contributed by atoms with E-state index in [9.17, 15) is 9.18 Å². The molecule has 0 saturated carbocycles. The molecule has 0 spiro atoms. The number of anilines is 2. The molecule has 2 aromatic carbocycles. The van der Waals surface area contributed by atoms with Crippen LogP contribution < -0.4 is 10.1 Å². The van der Waals surface area contributed by atoms with E-state index in [1.165, 1.54) is 19.2 Å². The van der Waals surface area contributed by atoms with Crippen molar-refractivity contribution >= 4 is 22.8 Å². The van der Waals surface area contributed by atoms with E-state index in [2.05, 4.69) is 27.2 Å². The fraction of sp³-hybridized carbons (Fsp3) is 0.138. The lowest BCUT2D eigenvalue weighted by Gasteiger charge is -2.07. The first-order chi connectivity index (χ1) is 17.9. The van der Waals surface area contributed by atoms with Gasteiger partial charge in [0, 0.05) is 37.0 Å². The van der Waals surface area contributed by atoms with Crippen LogP contribution in [0, 0.1) is 24.6 Å². The highest BCUT2D eigenvalue weighted by atomic mass is 19.1. The van der Waals surface area contributed by atoms with Crippen LogP contribution in [0.1, 0.15) is 32.7 Å². The maximum absolute atomic E-state index is 14.0. The molecule has 0 radical (unpaired) electrons. The largest absolute Gasteiger partial charge is 0.494 e. The highest BCUT2D eigenvalue weighted by Gasteiger charge is 2.12. The summed E-state index contributed by atoms with van der Waals surface area (Å²) in [6.07, 6.45) is 7.34. The SMILES string of the molecule is COc1ccc(CC(=O)c2ccc(C)c(C#Cc3cnc4c(Nc5cnn(C)c5)cccn34)c2)cc1F. The van der Waals surface area contributed by atoms with Crippen LogP contribution in [-0.2, 0) is 13.5 Å². The summed E-state index contributed by atoms with van der Waals surface area (Å²) >= 11 is 0. The van der Waals surface area contributed by atoms with Crippen molar-refractivity contribution in [2.45, 2.75) is 13.3 Å². The van der Waals surface area contributed by atoms with Crippen LogP contribution in [-0.4, -0.2) is 32.1 Å². The van der Waals surface area contributed by atoms with E-state index in [-0.39, 0.29) is 18.0 Å². The van der Waals surface area contributed by atoms with E-state index in [1.54, 1.807) is 35.3 Å². The fourth-order valence-corrected chi connectivity index (χ4v) is 4.01. The third-order valence-corrected chi connectivity index (χ3v) is 5.99. The first-order valence-electron chi connectivity index (χ1n) is 11.6. The lowest BCUT2D eigenvalue weighted by atomic mass is 9.98. The van der Waals surface area contributed by atoms with Gasteiger partial charge in [-0.3, -0.25) is 13.9 Å². The summed E-state index contributed by atoms with van der Waals surface area (Å²) in [7, 11) is 3.27. The minimum absolute atomic E-state index is 0.0802. The minimum atomic E-state index is -0.491. The highest BCUT2D eigenvalue weighted by Crippen LogP contribution is 2.22. The van der Waals surface area contributed by atoms with Gasteiger partial charge in [-0.05, 0) is 54.3 Å². The highest BCUT2D eigenvalue weighted by molar-refractivity contribution is 5.98. The zero-order valence-corrected chi connectivity index (χ0v) is 20.6. The molecule has 0 amide bonds. The molecule has 0 aliphatic rings. The molecule has 7 nitrogen and oxygen atoms in total. The third kappa shape index (κ3) is 5.07. The Morgan fingerprint density at radius 1 is 1.14 bits per heavy atom. The number of fused-ring (bicyclic) bond motifs is 1. The summed E-state index contributed by atoms with van der Waals surface area (Å²) in [5, 5.41) is 7.51. The predicted octanol–water partition coefficient (Wildman–Crippen LogP) is 5.09. The number of carbonyl (C=O) groups is 1. The maximum atomic E-state index is 14.0. The molecule has 5 rings (SSSR count). The smallest absolute Gasteiger partial charge is 0.167 e. The third-order valence-electron chi connectivity index (χ3n) is 5.99. The number of ether oxygens (including phenoxy) is 1. The summed E-state index contributed by atoms with van der Waals surface area (Å²) in [4.78, 5) is 17.5. The fourth-order valence-electron chi connectivity index (χ4n) is 4.01. The summed E-state index contributed by atoms with van der Waals surface area (Å²) in [6.45, 7) is 1.95.